The van der Waals surface area contributed by atoms with E-state index in [1.165, 1.54) is 18.4 Å². The molecule has 0 aliphatic heterocycles. The summed E-state index contributed by atoms with van der Waals surface area (Å²) in [5.41, 5.74) is 2.42. The van der Waals surface area contributed by atoms with Gasteiger partial charge in [0.1, 0.15) is 0 Å². The Hall–Kier alpha value is -2.66. The zero-order valence-electron chi connectivity index (χ0n) is 17.5. The fourth-order valence-electron chi connectivity index (χ4n) is 4.23. The molecule has 158 valence electrons. The number of carbonyl (C=O) groups excluding carboxylic acids is 2. The molecule has 0 atom stereocenters. The molecule has 0 aromatic heterocycles. The maximum Gasteiger partial charge on any atom is 0.253 e. The summed E-state index contributed by atoms with van der Waals surface area (Å²) in [6, 6.07) is 18.5. The third-order valence-corrected chi connectivity index (χ3v) is 6.08. The van der Waals surface area contributed by atoms with Crippen molar-refractivity contribution in [3.63, 3.8) is 0 Å². The van der Waals surface area contributed by atoms with Gasteiger partial charge in [-0.2, -0.15) is 0 Å². The monoisotopic (exact) mass is 405 g/mol. The molecule has 0 unspecified atom stereocenters. The summed E-state index contributed by atoms with van der Waals surface area (Å²) in [5, 5.41) is 6.00. The SMILES string of the molecule is O=C(CN(CCc1ccccc1)C1CCCC1)Nc1ccccc1C(=O)NC1CC1. The van der Waals surface area contributed by atoms with Gasteiger partial charge in [0, 0.05) is 18.6 Å². The minimum absolute atomic E-state index is 0.0540. The molecule has 2 amide bonds. The molecule has 2 saturated carbocycles. The van der Waals surface area contributed by atoms with Crippen LogP contribution in [0, 0.1) is 0 Å². The van der Waals surface area contributed by atoms with Crippen molar-refractivity contribution in [3.8, 4) is 0 Å². The molecular weight excluding hydrogens is 374 g/mol. The molecule has 0 bridgehead atoms. The van der Waals surface area contributed by atoms with Crippen LogP contribution in [0.4, 0.5) is 5.69 Å². The lowest BCUT2D eigenvalue weighted by molar-refractivity contribution is -0.117. The predicted octanol–water partition coefficient (Wildman–Crippen LogP) is 4.00. The minimum Gasteiger partial charge on any atom is -0.349 e. The van der Waals surface area contributed by atoms with E-state index in [1.807, 2.05) is 24.3 Å². The number of carbonyl (C=O) groups is 2. The van der Waals surface area contributed by atoms with Crippen LogP contribution in [0.2, 0.25) is 0 Å². The number of benzene rings is 2. The summed E-state index contributed by atoms with van der Waals surface area (Å²) >= 11 is 0. The van der Waals surface area contributed by atoms with Crippen LogP contribution in [0.15, 0.2) is 54.6 Å². The third-order valence-electron chi connectivity index (χ3n) is 6.08. The summed E-state index contributed by atoms with van der Waals surface area (Å²) in [6.45, 7) is 1.22. The van der Waals surface area contributed by atoms with Crippen LogP contribution in [0.25, 0.3) is 0 Å². The second kappa shape index (κ2) is 9.90. The molecule has 5 nitrogen and oxygen atoms in total. The smallest absolute Gasteiger partial charge is 0.253 e. The molecule has 2 N–H and O–H groups in total. The highest BCUT2D eigenvalue weighted by Gasteiger charge is 2.26. The molecule has 2 aromatic rings. The van der Waals surface area contributed by atoms with Gasteiger partial charge in [-0.25, -0.2) is 0 Å². The van der Waals surface area contributed by atoms with Crippen molar-refractivity contribution >= 4 is 17.5 Å². The van der Waals surface area contributed by atoms with Crippen molar-refractivity contribution in [2.24, 2.45) is 0 Å². The zero-order chi connectivity index (χ0) is 20.8. The highest BCUT2D eigenvalue weighted by Crippen LogP contribution is 2.24. The van der Waals surface area contributed by atoms with Crippen molar-refractivity contribution in [1.29, 1.82) is 0 Å². The quantitative estimate of drug-likeness (QED) is 0.663. The fourth-order valence-corrected chi connectivity index (χ4v) is 4.23. The van der Waals surface area contributed by atoms with Gasteiger partial charge in [0.15, 0.2) is 0 Å². The number of hydrogen-bond acceptors (Lipinski definition) is 3. The lowest BCUT2D eigenvalue weighted by Crippen LogP contribution is -2.41. The average Bonchev–Trinajstić information content (AvgIpc) is 3.40. The largest absolute Gasteiger partial charge is 0.349 e. The van der Waals surface area contributed by atoms with Crippen LogP contribution in [0.1, 0.15) is 54.4 Å². The van der Waals surface area contributed by atoms with Crippen LogP contribution >= 0.6 is 0 Å². The molecule has 0 spiro atoms. The molecule has 5 heteroatoms. The van der Waals surface area contributed by atoms with Crippen LogP contribution in [0.3, 0.4) is 0 Å². The van der Waals surface area contributed by atoms with Crippen LogP contribution in [0.5, 0.6) is 0 Å². The van der Waals surface area contributed by atoms with E-state index in [0.29, 0.717) is 23.8 Å². The molecule has 0 heterocycles. The van der Waals surface area contributed by atoms with Gasteiger partial charge >= 0.3 is 0 Å². The Morgan fingerprint density at radius 3 is 2.33 bits per heavy atom. The highest BCUT2D eigenvalue weighted by atomic mass is 16.2. The molecular formula is C25H31N3O2. The first-order chi connectivity index (χ1) is 14.7. The van der Waals surface area contributed by atoms with Crippen molar-refractivity contribution in [2.75, 3.05) is 18.4 Å². The predicted molar refractivity (Wildman–Crippen MR) is 120 cm³/mol. The Morgan fingerprint density at radius 1 is 0.900 bits per heavy atom. The van der Waals surface area contributed by atoms with Gasteiger partial charge in [-0.15, -0.1) is 0 Å². The summed E-state index contributed by atoms with van der Waals surface area (Å²) in [7, 11) is 0. The Kier molecular flexibility index (Phi) is 6.80. The van der Waals surface area contributed by atoms with Crippen LogP contribution < -0.4 is 10.6 Å². The van der Waals surface area contributed by atoms with Crippen LogP contribution in [-0.2, 0) is 11.2 Å². The van der Waals surface area contributed by atoms with E-state index in [0.717, 1.165) is 38.6 Å². The first-order valence-electron chi connectivity index (χ1n) is 11.2. The molecule has 30 heavy (non-hydrogen) atoms. The van der Waals surface area contributed by atoms with Gasteiger partial charge in [-0.3, -0.25) is 14.5 Å². The van der Waals surface area contributed by atoms with Gasteiger partial charge < -0.3 is 10.6 Å². The summed E-state index contributed by atoms with van der Waals surface area (Å²) in [4.78, 5) is 27.8. The van der Waals surface area contributed by atoms with E-state index in [9.17, 15) is 9.59 Å². The number of nitrogens with one attached hydrogen (secondary N) is 2. The lowest BCUT2D eigenvalue weighted by atomic mass is 10.1. The second-order valence-corrected chi connectivity index (χ2v) is 8.49. The number of nitrogens with zero attached hydrogens (tertiary/aromatic N) is 1. The third kappa shape index (κ3) is 5.70. The molecule has 4 rings (SSSR count). The molecule has 2 aliphatic rings. The fraction of sp³-hybridized carbons (Fsp3) is 0.440. The number of anilines is 1. The van der Waals surface area contributed by atoms with E-state index in [-0.39, 0.29) is 17.9 Å². The van der Waals surface area contributed by atoms with Gasteiger partial charge in [0.2, 0.25) is 5.91 Å². The van der Waals surface area contributed by atoms with E-state index in [4.69, 9.17) is 0 Å². The number of para-hydroxylation sites is 1. The second-order valence-electron chi connectivity index (χ2n) is 8.49. The molecule has 2 aromatic carbocycles. The maximum atomic E-state index is 12.9. The Balaban J connectivity index is 1.39. The number of hydrogen-bond donors (Lipinski definition) is 2. The van der Waals surface area contributed by atoms with E-state index < -0.39 is 0 Å². The summed E-state index contributed by atoms with van der Waals surface area (Å²) in [5.74, 6) is -0.160. The van der Waals surface area contributed by atoms with Gasteiger partial charge in [-0.05, 0) is 49.8 Å². The average molecular weight is 406 g/mol. The van der Waals surface area contributed by atoms with Crippen molar-refractivity contribution < 1.29 is 9.59 Å². The Morgan fingerprint density at radius 2 is 1.60 bits per heavy atom. The van der Waals surface area contributed by atoms with E-state index in [2.05, 4.69) is 39.8 Å². The van der Waals surface area contributed by atoms with E-state index >= 15 is 0 Å². The van der Waals surface area contributed by atoms with Crippen molar-refractivity contribution in [2.45, 2.75) is 57.0 Å². The Labute approximate surface area is 178 Å². The normalized spacial score (nSPS) is 16.6. The Bertz CT molecular complexity index is 858. The molecule has 0 saturated heterocycles. The lowest BCUT2D eigenvalue weighted by Gasteiger charge is -2.28. The summed E-state index contributed by atoms with van der Waals surface area (Å²) in [6.07, 6.45) is 7.79. The summed E-state index contributed by atoms with van der Waals surface area (Å²) < 4.78 is 0. The van der Waals surface area contributed by atoms with Crippen molar-refractivity contribution in [3.05, 3.63) is 65.7 Å². The topological polar surface area (TPSA) is 61.4 Å². The van der Waals surface area contributed by atoms with Gasteiger partial charge in [-0.1, -0.05) is 55.3 Å². The minimum atomic E-state index is -0.106. The zero-order valence-corrected chi connectivity index (χ0v) is 17.5. The first-order valence-corrected chi connectivity index (χ1v) is 11.2. The van der Waals surface area contributed by atoms with Crippen LogP contribution in [-0.4, -0.2) is 41.9 Å². The molecule has 0 radical (unpaired) electrons. The number of rotatable bonds is 9. The van der Waals surface area contributed by atoms with Crippen molar-refractivity contribution in [1.82, 2.24) is 10.2 Å². The maximum absolute atomic E-state index is 12.9. The first kappa shape index (κ1) is 20.6. The molecule has 2 aliphatic carbocycles. The highest BCUT2D eigenvalue weighted by molar-refractivity contribution is 6.04. The van der Waals surface area contributed by atoms with Gasteiger partial charge in [0.25, 0.3) is 5.91 Å². The standard InChI is InChI=1S/C25H31N3O2/c29-24(27-23-13-7-6-12-22(23)25(30)26-20-14-15-20)18-28(21-10-4-5-11-21)17-16-19-8-2-1-3-9-19/h1-3,6-9,12-13,20-21H,4-5,10-11,14-18H2,(H,26,30)(H,27,29). The van der Waals surface area contributed by atoms with E-state index in [1.54, 1.807) is 6.07 Å². The molecule has 2 fully saturated rings. The number of amides is 2. The van der Waals surface area contributed by atoms with Gasteiger partial charge in [0.05, 0.1) is 17.8 Å².